The van der Waals surface area contributed by atoms with Crippen molar-refractivity contribution in [3.63, 3.8) is 0 Å². The smallest absolute Gasteiger partial charge is 0.407 e. The zero-order chi connectivity index (χ0) is 23.6. The van der Waals surface area contributed by atoms with Crippen molar-refractivity contribution in [1.29, 1.82) is 0 Å². The number of hydrogen-bond donors (Lipinski definition) is 2. The van der Waals surface area contributed by atoms with Crippen LogP contribution in [0, 0.1) is 6.92 Å². The normalized spacial score (nSPS) is 10.7. The number of aryl methyl sites for hydroxylation is 1. The van der Waals surface area contributed by atoms with E-state index in [-0.39, 0.29) is 18.7 Å². The van der Waals surface area contributed by atoms with Crippen LogP contribution in [0.4, 0.5) is 10.5 Å². The number of carbonyl (C=O) groups excluding carboxylic acids is 3. The third kappa shape index (κ3) is 9.77. The molecule has 0 bridgehead atoms. The molecule has 1 aromatic carbocycles. The number of benzene rings is 1. The molecule has 31 heavy (non-hydrogen) atoms. The van der Waals surface area contributed by atoms with Crippen LogP contribution in [-0.4, -0.2) is 35.9 Å². The molecule has 0 radical (unpaired) electrons. The SMILES string of the molecule is C=CCC(=C)C(=O)Nc1c(C)cc(CNC(=O)OC(C)(C)C)cc1C(=O)OCCSI. The van der Waals surface area contributed by atoms with Gasteiger partial charge in [0.2, 0.25) is 0 Å². The minimum Gasteiger partial charge on any atom is -0.461 e. The van der Waals surface area contributed by atoms with E-state index in [4.69, 9.17) is 9.47 Å². The molecule has 0 fully saturated rings. The van der Waals surface area contributed by atoms with E-state index < -0.39 is 23.6 Å². The fraction of sp³-hybridized carbons (Fsp3) is 0.409. The van der Waals surface area contributed by atoms with E-state index in [1.54, 1.807) is 45.9 Å². The Morgan fingerprint density at radius 2 is 1.94 bits per heavy atom. The Balaban J connectivity index is 3.14. The topological polar surface area (TPSA) is 93.7 Å². The molecule has 0 saturated heterocycles. The van der Waals surface area contributed by atoms with Crippen molar-refractivity contribution >= 4 is 53.8 Å². The summed E-state index contributed by atoms with van der Waals surface area (Å²) in [5.41, 5.74) is 1.58. The molecule has 2 amide bonds. The zero-order valence-electron chi connectivity index (χ0n) is 18.3. The molecule has 1 aromatic rings. The summed E-state index contributed by atoms with van der Waals surface area (Å²) in [6.07, 6.45) is 1.35. The fourth-order valence-corrected chi connectivity index (χ4v) is 3.18. The molecular formula is C22H29IN2O5S. The average molecular weight is 560 g/mol. The summed E-state index contributed by atoms with van der Waals surface area (Å²) >= 11 is 2.12. The molecule has 0 saturated carbocycles. The molecule has 0 atom stereocenters. The van der Waals surface area contributed by atoms with Gasteiger partial charge in [0.25, 0.3) is 5.91 Å². The first-order valence-electron chi connectivity index (χ1n) is 9.59. The van der Waals surface area contributed by atoms with Gasteiger partial charge in [-0.25, -0.2) is 9.59 Å². The van der Waals surface area contributed by atoms with Crippen LogP contribution in [0.25, 0.3) is 0 Å². The van der Waals surface area contributed by atoms with Crippen LogP contribution in [0.5, 0.6) is 0 Å². The highest BCUT2D eigenvalue weighted by molar-refractivity contribution is 14.2. The van der Waals surface area contributed by atoms with Gasteiger partial charge in [-0.3, -0.25) is 4.79 Å². The number of ether oxygens (including phenoxy) is 2. The average Bonchev–Trinajstić information content (AvgIpc) is 2.66. The highest BCUT2D eigenvalue weighted by atomic mass is 127. The summed E-state index contributed by atoms with van der Waals surface area (Å²) in [5.74, 6) is -0.319. The van der Waals surface area contributed by atoms with Crippen molar-refractivity contribution in [1.82, 2.24) is 5.32 Å². The summed E-state index contributed by atoms with van der Waals surface area (Å²) in [6, 6.07) is 3.37. The Labute approximate surface area is 200 Å². The lowest BCUT2D eigenvalue weighted by molar-refractivity contribution is -0.112. The Morgan fingerprint density at radius 3 is 2.52 bits per heavy atom. The number of rotatable bonds is 10. The third-order valence-corrected chi connectivity index (χ3v) is 5.44. The van der Waals surface area contributed by atoms with Gasteiger partial charge >= 0.3 is 12.1 Å². The summed E-state index contributed by atoms with van der Waals surface area (Å²) in [7, 11) is 1.53. The molecule has 7 nitrogen and oxygen atoms in total. The number of halogens is 1. The van der Waals surface area contributed by atoms with Gasteiger partial charge in [0, 0.05) is 17.9 Å². The monoisotopic (exact) mass is 560 g/mol. The Kier molecular flexibility index (Phi) is 11.1. The van der Waals surface area contributed by atoms with Crippen LogP contribution < -0.4 is 10.6 Å². The lowest BCUT2D eigenvalue weighted by Gasteiger charge is -2.20. The van der Waals surface area contributed by atoms with Gasteiger partial charge < -0.3 is 20.1 Å². The van der Waals surface area contributed by atoms with Gasteiger partial charge in [-0.05, 0) is 72.5 Å². The number of amides is 2. The number of anilines is 1. The van der Waals surface area contributed by atoms with Gasteiger partial charge in [0.05, 0.1) is 11.3 Å². The van der Waals surface area contributed by atoms with E-state index in [0.29, 0.717) is 34.6 Å². The van der Waals surface area contributed by atoms with Crippen LogP contribution in [-0.2, 0) is 20.8 Å². The van der Waals surface area contributed by atoms with Crippen molar-refractivity contribution < 1.29 is 23.9 Å². The van der Waals surface area contributed by atoms with E-state index >= 15 is 0 Å². The molecule has 0 aliphatic carbocycles. The molecular weight excluding hydrogens is 531 g/mol. The van der Waals surface area contributed by atoms with E-state index in [0.717, 1.165) is 0 Å². The molecule has 0 aliphatic rings. The van der Waals surface area contributed by atoms with Gasteiger partial charge in [-0.1, -0.05) is 27.7 Å². The lowest BCUT2D eigenvalue weighted by Crippen LogP contribution is -2.32. The minimum absolute atomic E-state index is 0.150. The van der Waals surface area contributed by atoms with Crippen LogP contribution >= 0.6 is 30.1 Å². The number of esters is 1. The van der Waals surface area contributed by atoms with Gasteiger partial charge in [0.1, 0.15) is 12.2 Å². The third-order valence-electron chi connectivity index (χ3n) is 3.79. The molecule has 0 heterocycles. The predicted octanol–water partition coefficient (Wildman–Crippen LogP) is 5.33. The molecule has 9 heteroatoms. The Hall–Kier alpha value is -2.01. The maximum Gasteiger partial charge on any atom is 0.407 e. The van der Waals surface area contributed by atoms with E-state index in [1.165, 1.54) is 8.93 Å². The molecule has 1 rings (SSSR count). The summed E-state index contributed by atoms with van der Waals surface area (Å²) < 4.78 is 10.6. The fourth-order valence-electron chi connectivity index (χ4n) is 2.49. The summed E-state index contributed by atoms with van der Waals surface area (Å²) in [4.78, 5) is 37.1. The second kappa shape index (κ2) is 12.7. The number of nitrogens with one attached hydrogen (secondary N) is 2. The highest BCUT2D eigenvalue weighted by Crippen LogP contribution is 2.25. The minimum atomic E-state index is -0.617. The predicted molar refractivity (Wildman–Crippen MR) is 134 cm³/mol. The number of alkyl carbamates (subject to hydrolysis) is 1. The maximum absolute atomic E-state index is 12.7. The van der Waals surface area contributed by atoms with Gasteiger partial charge in [-0.15, -0.1) is 6.58 Å². The first-order valence-corrected chi connectivity index (χ1v) is 13.1. The molecule has 0 unspecified atom stereocenters. The molecule has 170 valence electrons. The molecule has 0 aromatic heterocycles. The zero-order valence-corrected chi connectivity index (χ0v) is 21.3. The number of hydrogen-bond acceptors (Lipinski definition) is 6. The van der Waals surface area contributed by atoms with Crippen molar-refractivity contribution in [3.8, 4) is 0 Å². The van der Waals surface area contributed by atoms with Crippen molar-refractivity contribution in [2.45, 2.75) is 46.3 Å². The summed E-state index contributed by atoms with van der Waals surface area (Å²) in [5, 5.41) is 5.42. The van der Waals surface area contributed by atoms with Crippen LogP contribution in [0.15, 0.2) is 36.9 Å². The second-order valence-electron chi connectivity index (χ2n) is 7.69. The first kappa shape index (κ1) is 27.0. The van der Waals surface area contributed by atoms with Crippen LogP contribution in [0.3, 0.4) is 0 Å². The van der Waals surface area contributed by atoms with E-state index in [9.17, 15) is 14.4 Å². The van der Waals surface area contributed by atoms with E-state index in [1.807, 2.05) is 0 Å². The van der Waals surface area contributed by atoms with Crippen molar-refractivity contribution in [2.24, 2.45) is 0 Å². The Morgan fingerprint density at radius 1 is 1.26 bits per heavy atom. The molecule has 0 spiro atoms. The first-order chi connectivity index (χ1) is 14.5. The van der Waals surface area contributed by atoms with Gasteiger partial charge in [-0.2, -0.15) is 0 Å². The molecule has 0 aliphatic heterocycles. The van der Waals surface area contributed by atoms with Gasteiger partial charge in [0.15, 0.2) is 0 Å². The second-order valence-corrected chi connectivity index (χ2v) is 10.2. The highest BCUT2D eigenvalue weighted by Gasteiger charge is 2.20. The number of allylic oxidation sites excluding steroid dienone is 1. The van der Waals surface area contributed by atoms with Crippen molar-refractivity contribution in [2.75, 3.05) is 17.7 Å². The lowest BCUT2D eigenvalue weighted by atomic mass is 10.0. The van der Waals surface area contributed by atoms with Crippen molar-refractivity contribution in [3.05, 3.63) is 53.6 Å². The number of carbonyl (C=O) groups is 3. The van der Waals surface area contributed by atoms with Crippen LogP contribution in [0.1, 0.15) is 48.7 Å². The summed E-state index contributed by atoms with van der Waals surface area (Å²) in [6.45, 7) is 14.8. The maximum atomic E-state index is 12.7. The van der Waals surface area contributed by atoms with E-state index in [2.05, 4.69) is 45.0 Å². The van der Waals surface area contributed by atoms with Crippen LogP contribution in [0.2, 0.25) is 0 Å². The Bertz CT molecular complexity index is 849. The molecule has 2 N–H and O–H groups in total. The standard InChI is InChI=1S/C22H29IN2O5S/c1-7-8-14(2)19(26)25-18-15(3)11-16(13-24-21(28)30-22(4,5)6)12-17(18)20(27)29-9-10-31-23/h7,11-12H,1-2,8-10,13H2,3-6H3,(H,24,28)(H,25,26). The quantitative estimate of drug-likeness (QED) is 0.132. The largest absolute Gasteiger partial charge is 0.461 e.